The minimum absolute atomic E-state index is 0.365. The summed E-state index contributed by atoms with van der Waals surface area (Å²) >= 11 is 0. The fourth-order valence-electron chi connectivity index (χ4n) is 3.70. The Morgan fingerprint density at radius 1 is 1.24 bits per heavy atom. The lowest BCUT2D eigenvalue weighted by Gasteiger charge is -2.32. The second-order valence-electron chi connectivity index (χ2n) is 6.78. The van der Waals surface area contributed by atoms with E-state index in [-0.39, 0.29) is 0 Å². The summed E-state index contributed by atoms with van der Waals surface area (Å²) in [6.45, 7) is 9.83. The Balaban J connectivity index is 2.35. The first-order valence-corrected chi connectivity index (χ1v) is 8.53. The average Bonchev–Trinajstić information content (AvgIpc) is 2.41. The van der Waals surface area contributed by atoms with Gasteiger partial charge in [-0.2, -0.15) is 0 Å². The maximum absolute atomic E-state index is 11.5. The van der Waals surface area contributed by atoms with Crippen LogP contribution in [0, 0.1) is 11.8 Å². The Morgan fingerprint density at radius 3 is 2.33 bits per heavy atom. The normalized spacial score (nSPS) is 29.0. The summed E-state index contributed by atoms with van der Waals surface area (Å²) in [5.74, 6) is 0.746. The molecule has 0 aliphatic heterocycles. The molecular weight excluding hydrogens is 266 g/mol. The van der Waals surface area contributed by atoms with Crippen molar-refractivity contribution in [3.63, 3.8) is 0 Å². The van der Waals surface area contributed by atoms with Crippen LogP contribution < -0.4 is 5.32 Å². The maximum atomic E-state index is 11.5. The first kappa shape index (κ1) is 18.4. The molecule has 3 atom stereocenters. The molecule has 0 amide bonds. The molecule has 4 nitrogen and oxygen atoms in total. The van der Waals surface area contributed by atoms with Gasteiger partial charge < -0.3 is 15.2 Å². The van der Waals surface area contributed by atoms with Gasteiger partial charge >= 0.3 is 5.97 Å². The summed E-state index contributed by atoms with van der Waals surface area (Å²) < 4.78 is 6.00. The fourth-order valence-corrected chi connectivity index (χ4v) is 3.70. The molecule has 1 fully saturated rings. The van der Waals surface area contributed by atoms with Crippen LogP contribution in [0.15, 0.2) is 0 Å². The number of nitrogens with one attached hydrogen (secondary N) is 1. The zero-order valence-corrected chi connectivity index (χ0v) is 14.2. The van der Waals surface area contributed by atoms with E-state index in [9.17, 15) is 9.90 Å². The molecule has 0 bridgehead atoms. The molecule has 21 heavy (non-hydrogen) atoms. The van der Waals surface area contributed by atoms with Gasteiger partial charge in [-0.25, -0.2) is 0 Å². The molecule has 0 radical (unpaired) electrons. The highest BCUT2D eigenvalue weighted by molar-refractivity contribution is 5.78. The zero-order valence-electron chi connectivity index (χ0n) is 14.2. The first-order valence-electron chi connectivity index (χ1n) is 8.53. The molecular formula is C17H33NO3. The number of carbonyl (C=O) groups is 1. The highest BCUT2D eigenvalue weighted by Gasteiger charge is 2.35. The van der Waals surface area contributed by atoms with E-state index in [0.29, 0.717) is 32.1 Å². The van der Waals surface area contributed by atoms with Crippen molar-refractivity contribution >= 4 is 5.97 Å². The van der Waals surface area contributed by atoms with Crippen molar-refractivity contribution in [1.82, 2.24) is 5.32 Å². The van der Waals surface area contributed by atoms with E-state index in [1.165, 1.54) is 6.42 Å². The summed E-state index contributed by atoms with van der Waals surface area (Å²) in [6.07, 6.45) is 6.00. The molecule has 1 saturated carbocycles. The van der Waals surface area contributed by atoms with Gasteiger partial charge in [-0.3, -0.25) is 4.79 Å². The van der Waals surface area contributed by atoms with Gasteiger partial charge in [0.15, 0.2) is 0 Å². The minimum atomic E-state index is -0.786. The van der Waals surface area contributed by atoms with Crippen LogP contribution in [0.25, 0.3) is 0 Å². The van der Waals surface area contributed by atoms with Crippen LogP contribution in [0.3, 0.4) is 0 Å². The van der Waals surface area contributed by atoms with Gasteiger partial charge in [0.25, 0.3) is 0 Å². The Labute approximate surface area is 129 Å². The molecule has 1 aliphatic rings. The minimum Gasteiger partial charge on any atom is -0.480 e. The first-order chi connectivity index (χ1) is 9.93. The van der Waals surface area contributed by atoms with Crippen molar-refractivity contribution < 1.29 is 14.6 Å². The van der Waals surface area contributed by atoms with Gasteiger partial charge in [-0.05, 0) is 56.9 Å². The van der Waals surface area contributed by atoms with Crippen molar-refractivity contribution in [2.45, 2.75) is 77.9 Å². The molecule has 4 heteroatoms. The van der Waals surface area contributed by atoms with Gasteiger partial charge in [0.2, 0.25) is 0 Å². The Hall–Kier alpha value is -0.610. The summed E-state index contributed by atoms with van der Waals surface area (Å²) in [4.78, 5) is 11.5. The number of ether oxygens (including phenoxy) is 1. The summed E-state index contributed by atoms with van der Waals surface area (Å²) in [5, 5.41) is 12.6. The third-order valence-corrected chi connectivity index (χ3v) is 4.76. The predicted molar refractivity (Wildman–Crippen MR) is 85.5 cm³/mol. The second kappa shape index (κ2) is 8.74. The number of carboxylic acid groups (broad SMARTS) is 1. The van der Waals surface area contributed by atoms with Gasteiger partial charge in [0.05, 0.1) is 6.10 Å². The lowest BCUT2D eigenvalue weighted by atomic mass is 9.82. The smallest absolute Gasteiger partial charge is 0.323 e. The lowest BCUT2D eigenvalue weighted by Crippen LogP contribution is -2.51. The highest BCUT2D eigenvalue weighted by Crippen LogP contribution is 2.30. The number of carboxylic acids is 1. The molecule has 0 aromatic carbocycles. The van der Waals surface area contributed by atoms with Gasteiger partial charge in [0, 0.05) is 6.61 Å². The van der Waals surface area contributed by atoms with E-state index in [1.807, 2.05) is 13.8 Å². The van der Waals surface area contributed by atoms with Gasteiger partial charge in [-0.1, -0.05) is 27.7 Å². The lowest BCUT2D eigenvalue weighted by molar-refractivity contribution is -0.145. The molecule has 1 rings (SSSR count). The average molecular weight is 299 g/mol. The molecule has 2 N–H and O–H groups in total. The van der Waals surface area contributed by atoms with Crippen molar-refractivity contribution in [3.8, 4) is 0 Å². The number of likely N-dealkylation sites (N-methyl/N-ethyl adjacent to an activating group) is 1. The van der Waals surface area contributed by atoms with Crippen LogP contribution in [-0.2, 0) is 9.53 Å². The largest absolute Gasteiger partial charge is 0.480 e. The van der Waals surface area contributed by atoms with Crippen LogP contribution in [0.5, 0.6) is 0 Å². The topological polar surface area (TPSA) is 58.6 Å². The molecule has 3 unspecified atom stereocenters. The highest BCUT2D eigenvalue weighted by atomic mass is 16.5. The third kappa shape index (κ3) is 5.59. The summed E-state index contributed by atoms with van der Waals surface area (Å²) in [7, 11) is 0. The molecule has 0 heterocycles. The number of hydrogen-bond donors (Lipinski definition) is 2. The van der Waals surface area contributed by atoms with E-state index in [0.717, 1.165) is 31.1 Å². The van der Waals surface area contributed by atoms with Crippen molar-refractivity contribution in [3.05, 3.63) is 0 Å². The van der Waals surface area contributed by atoms with E-state index >= 15 is 0 Å². The Bertz CT molecular complexity index is 311. The third-order valence-electron chi connectivity index (χ3n) is 4.76. The number of aliphatic carboxylic acids is 1. The Morgan fingerprint density at radius 2 is 1.86 bits per heavy atom. The van der Waals surface area contributed by atoms with E-state index in [1.54, 1.807) is 0 Å². The molecule has 0 spiro atoms. The van der Waals surface area contributed by atoms with Crippen LogP contribution in [0.4, 0.5) is 0 Å². The maximum Gasteiger partial charge on any atom is 0.323 e. The second-order valence-corrected chi connectivity index (χ2v) is 6.78. The zero-order chi connectivity index (χ0) is 15.9. The van der Waals surface area contributed by atoms with E-state index in [2.05, 4.69) is 19.2 Å². The SMILES string of the molecule is CCNC(CC)(CCCOC1CC(C)CC(C)C1)C(=O)O. The molecule has 0 aromatic heterocycles. The van der Waals surface area contributed by atoms with Crippen LogP contribution >= 0.6 is 0 Å². The van der Waals surface area contributed by atoms with Crippen molar-refractivity contribution in [1.29, 1.82) is 0 Å². The molecule has 0 aromatic rings. The van der Waals surface area contributed by atoms with E-state index < -0.39 is 11.5 Å². The molecule has 0 saturated heterocycles. The monoisotopic (exact) mass is 299 g/mol. The summed E-state index contributed by atoms with van der Waals surface area (Å²) in [6, 6.07) is 0. The van der Waals surface area contributed by atoms with Crippen molar-refractivity contribution in [2.24, 2.45) is 11.8 Å². The van der Waals surface area contributed by atoms with E-state index in [4.69, 9.17) is 4.74 Å². The molecule has 124 valence electrons. The quantitative estimate of drug-likeness (QED) is 0.640. The predicted octanol–water partition coefficient (Wildman–Crippen LogP) is 3.45. The molecule has 1 aliphatic carbocycles. The number of hydrogen-bond acceptors (Lipinski definition) is 3. The Kier molecular flexibility index (Phi) is 7.67. The fraction of sp³-hybridized carbons (Fsp3) is 0.941. The van der Waals surface area contributed by atoms with Crippen LogP contribution in [0.1, 0.15) is 66.2 Å². The van der Waals surface area contributed by atoms with Gasteiger partial charge in [0.1, 0.15) is 5.54 Å². The van der Waals surface area contributed by atoms with Gasteiger partial charge in [-0.15, -0.1) is 0 Å². The van der Waals surface area contributed by atoms with Crippen LogP contribution in [0.2, 0.25) is 0 Å². The van der Waals surface area contributed by atoms with Crippen LogP contribution in [-0.4, -0.2) is 35.9 Å². The standard InChI is InChI=1S/C17H33NO3/c1-5-17(16(19)20,18-6-2)8-7-9-21-15-11-13(3)10-14(4)12-15/h13-15,18H,5-12H2,1-4H3,(H,19,20). The summed E-state index contributed by atoms with van der Waals surface area (Å²) in [5.41, 5.74) is -0.786. The number of rotatable bonds is 9. The van der Waals surface area contributed by atoms with Crippen molar-refractivity contribution in [2.75, 3.05) is 13.2 Å².